The van der Waals surface area contributed by atoms with E-state index in [1.165, 1.54) is 23.3 Å². The average molecular weight is 384 g/mol. The minimum absolute atomic E-state index is 0.207. The Hall–Kier alpha value is -2.53. The first-order valence-electron chi connectivity index (χ1n) is 9.53. The number of nitrogens with zero attached hydrogens (tertiary/aromatic N) is 2. The molecule has 146 valence electrons. The number of hydrogen-bond donors (Lipinski definition) is 0. The Labute approximate surface area is 163 Å². The predicted octanol–water partition coefficient (Wildman–Crippen LogP) is 5.81. The Morgan fingerprint density at radius 2 is 1.75 bits per heavy atom. The predicted molar refractivity (Wildman–Crippen MR) is 104 cm³/mol. The van der Waals surface area contributed by atoms with Crippen molar-refractivity contribution < 1.29 is 13.2 Å². The van der Waals surface area contributed by atoms with Crippen LogP contribution in [0.5, 0.6) is 0 Å². The van der Waals surface area contributed by atoms with Gasteiger partial charge >= 0.3 is 6.18 Å². The summed E-state index contributed by atoms with van der Waals surface area (Å²) in [5, 5.41) is 0. The van der Waals surface area contributed by atoms with E-state index in [1.54, 1.807) is 0 Å². The van der Waals surface area contributed by atoms with E-state index in [1.807, 2.05) is 31.3 Å². The van der Waals surface area contributed by atoms with Gasteiger partial charge in [-0.1, -0.05) is 42.0 Å². The lowest BCUT2D eigenvalue weighted by molar-refractivity contribution is -0.137. The van der Waals surface area contributed by atoms with Crippen molar-refractivity contribution in [2.45, 2.75) is 38.7 Å². The van der Waals surface area contributed by atoms with Gasteiger partial charge in [0, 0.05) is 31.5 Å². The minimum Gasteiger partial charge on any atom is -0.350 e. The van der Waals surface area contributed by atoms with Gasteiger partial charge in [-0.2, -0.15) is 13.2 Å². The fourth-order valence-electron chi connectivity index (χ4n) is 4.00. The van der Waals surface area contributed by atoms with Gasteiger partial charge in [0.1, 0.15) is 0 Å². The normalized spacial score (nSPS) is 17.9. The molecule has 1 aromatic heterocycles. The lowest BCUT2D eigenvalue weighted by Gasteiger charge is -2.31. The molecule has 0 amide bonds. The standard InChI is InChI=1S/C23H23F3N2/c1-17-8-10-18(11-9-17)16-28-14-4-13-27-12-3-7-21(27)22(28)19-5-2-6-20(15-19)23(24,25)26/h2-3,5-12,15,22H,4,13-14,16H2,1H3/t22-/m0/s1. The monoisotopic (exact) mass is 384 g/mol. The number of hydrogen-bond acceptors (Lipinski definition) is 1. The Kier molecular flexibility index (Phi) is 5.02. The molecule has 0 fully saturated rings. The Morgan fingerprint density at radius 1 is 0.964 bits per heavy atom. The summed E-state index contributed by atoms with van der Waals surface area (Å²) in [6.45, 7) is 4.46. The molecule has 5 heteroatoms. The van der Waals surface area contributed by atoms with E-state index >= 15 is 0 Å². The third-order valence-corrected chi connectivity index (χ3v) is 5.39. The summed E-state index contributed by atoms with van der Waals surface area (Å²) in [6, 6.07) is 17.9. The molecule has 2 aromatic carbocycles. The number of fused-ring (bicyclic) bond motifs is 1. The van der Waals surface area contributed by atoms with Crippen molar-refractivity contribution in [3.63, 3.8) is 0 Å². The zero-order chi connectivity index (χ0) is 19.7. The van der Waals surface area contributed by atoms with E-state index in [0.29, 0.717) is 12.1 Å². The van der Waals surface area contributed by atoms with Crippen molar-refractivity contribution in [3.05, 3.63) is 94.8 Å². The molecule has 28 heavy (non-hydrogen) atoms. The lowest BCUT2D eigenvalue weighted by Crippen LogP contribution is -2.29. The first-order chi connectivity index (χ1) is 13.4. The quantitative estimate of drug-likeness (QED) is 0.553. The smallest absolute Gasteiger partial charge is 0.350 e. The van der Waals surface area contributed by atoms with Gasteiger partial charge < -0.3 is 4.57 Å². The van der Waals surface area contributed by atoms with Crippen LogP contribution < -0.4 is 0 Å². The fourth-order valence-corrected chi connectivity index (χ4v) is 4.00. The maximum Gasteiger partial charge on any atom is 0.416 e. The molecule has 0 N–H and O–H groups in total. The van der Waals surface area contributed by atoms with Crippen molar-refractivity contribution >= 4 is 0 Å². The number of rotatable bonds is 3. The minimum atomic E-state index is -4.34. The molecule has 2 nitrogen and oxygen atoms in total. The molecule has 0 spiro atoms. The number of alkyl halides is 3. The largest absolute Gasteiger partial charge is 0.416 e. The van der Waals surface area contributed by atoms with Crippen LogP contribution in [0.4, 0.5) is 13.2 Å². The number of aromatic nitrogens is 1. The van der Waals surface area contributed by atoms with E-state index in [0.717, 1.165) is 31.3 Å². The highest BCUT2D eigenvalue weighted by Crippen LogP contribution is 2.36. The maximum absolute atomic E-state index is 13.3. The summed E-state index contributed by atoms with van der Waals surface area (Å²) in [5.41, 5.74) is 3.50. The van der Waals surface area contributed by atoms with Crippen LogP contribution in [0.2, 0.25) is 0 Å². The summed E-state index contributed by atoms with van der Waals surface area (Å²) in [4.78, 5) is 2.29. The zero-order valence-corrected chi connectivity index (χ0v) is 15.8. The highest BCUT2D eigenvalue weighted by atomic mass is 19.4. The van der Waals surface area contributed by atoms with Gasteiger partial charge in [-0.25, -0.2) is 0 Å². The van der Waals surface area contributed by atoms with Gasteiger partial charge in [-0.05, 0) is 48.7 Å². The van der Waals surface area contributed by atoms with Crippen LogP contribution in [-0.4, -0.2) is 16.0 Å². The number of benzene rings is 2. The topological polar surface area (TPSA) is 8.17 Å². The zero-order valence-electron chi connectivity index (χ0n) is 15.8. The molecule has 2 heterocycles. The van der Waals surface area contributed by atoms with Crippen LogP contribution in [0.25, 0.3) is 0 Å². The molecule has 0 bridgehead atoms. The molecule has 0 saturated heterocycles. The SMILES string of the molecule is Cc1ccc(CN2CCCn3cccc3[C@@H]2c2cccc(C(F)(F)F)c2)cc1. The van der Waals surface area contributed by atoms with Crippen LogP contribution in [0, 0.1) is 6.92 Å². The number of aryl methyl sites for hydroxylation is 2. The summed E-state index contributed by atoms with van der Waals surface area (Å²) in [6.07, 6.45) is -1.36. The van der Waals surface area contributed by atoms with E-state index in [2.05, 4.69) is 33.7 Å². The van der Waals surface area contributed by atoms with Gasteiger partial charge in [0.2, 0.25) is 0 Å². The second kappa shape index (κ2) is 7.47. The summed E-state index contributed by atoms with van der Waals surface area (Å²) >= 11 is 0. The average Bonchev–Trinajstić information content (AvgIpc) is 3.04. The van der Waals surface area contributed by atoms with E-state index in [4.69, 9.17) is 0 Å². The van der Waals surface area contributed by atoms with E-state index in [9.17, 15) is 13.2 Å². The van der Waals surface area contributed by atoms with Crippen LogP contribution in [0.15, 0.2) is 66.9 Å². The molecule has 1 aliphatic rings. The molecular formula is C23H23F3N2. The van der Waals surface area contributed by atoms with Gasteiger partial charge in [-0.15, -0.1) is 0 Å². The highest BCUT2D eigenvalue weighted by Gasteiger charge is 2.33. The molecule has 0 radical (unpaired) electrons. The first kappa shape index (κ1) is 18.8. The van der Waals surface area contributed by atoms with Crippen molar-refractivity contribution in [2.75, 3.05) is 6.54 Å². The molecule has 0 unspecified atom stereocenters. The van der Waals surface area contributed by atoms with Gasteiger partial charge in [0.05, 0.1) is 11.6 Å². The Bertz CT molecular complexity index is 941. The fraction of sp³-hybridized carbons (Fsp3) is 0.304. The highest BCUT2D eigenvalue weighted by molar-refractivity contribution is 5.34. The molecule has 1 aliphatic heterocycles. The number of halogens is 3. The van der Waals surface area contributed by atoms with Crippen LogP contribution in [0.3, 0.4) is 0 Å². The van der Waals surface area contributed by atoms with Crippen molar-refractivity contribution in [1.82, 2.24) is 9.47 Å². The molecular weight excluding hydrogens is 361 g/mol. The summed E-state index contributed by atoms with van der Waals surface area (Å²) < 4.78 is 42.1. The second-order valence-electron chi connectivity index (χ2n) is 7.46. The molecule has 0 aliphatic carbocycles. The molecule has 0 saturated carbocycles. The second-order valence-corrected chi connectivity index (χ2v) is 7.46. The van der Waals surface area contributed by atoms with E-state index in [-0.39, 0.29) is 6.04 Å². The summed E-state index contributed by atoms with van der Waals surface area (Å²) in [5.74, 6) is 0. The van der Waals surface area contributed by atoms with E-state index < -0.39 is 11.7 Å². The molecule has 1 atom stereocenters. The van der Waals surface area contributed by atoms with Gasteiger partial charge in [-0.3, -0.25) is 4.90 Å². The van der Waals surface area contributed by atoms with Crippen LogP contribution in [0.1, 0.15) is 40.4 Å². The van der Waals surface area contributed by atoms with Gasteiger partial charge in [0.15, 0.2) is 0 Å². The van der Waals surface area contributed by atoms with Crippen molar-refractivity contribution in [3.8, 4) is 0 Å². The summed E-state index contributed by atoms with van der Waals surface area (Å²) in [7, 11) is 0. The lowest BCUT2D eigenvalue weighted by atomic mass is 9.98. The van der Waals surface area contributed by atoms with Crippen molar-refractivity contribution in [1.29, 1.82) is 0 Å². The van der Waals surface area contributed by atoms with Crippen LogP contribution in [-0.2, 0) is 19.3 Å². The van der Waals surface area contributed by atoms with Crippen molar-refractivity contribution in [2.24, 2.45) is 0 Å². The Balaban J connectivity index is 1.75. The third kappa shape index (κ3) is 3.85. The first-order valence-corrected chi connectivity index (χ1v) is 9.53. The third-order valence-electron chi connectivity index (χ3n) is 5.39. The maximum atomic E-state index is 13.3. The van der Waals surface area contributed by atoms with Gasteiger partial charge in [0.25, 0.3) is 0 Å². The Morgan fingerprint density at radius 3 is 2.50 bits per heavy atom. The molecule has 3 aromatic rings. The van der Waals surface area contributed by atoms with Crippen LogP contribution >= 0.6 is 0 Å². The molecule has 4 rings (SSSR count).